The first-order valence-corrected chi connectivity index (χ1v) is 13.2. The van der Waals surface area contributed by atoms with E-state index < -0.39 is 11.7 Å². The molecule has 1 aromatic carbocycles. The molecule has 2 N–H and O–H groups in total. The number of benzene rings is 1. The lowest BCUT2D eigenvalue weighted by Gasteiger charge is -2.38. The average Bonchev–Trinajstić information content (AvgIpc) is 2.82. The van der Waals surface area contributed by atoms with E-state index in [0.717, 1.165) is 0 Å². The first-order valence-electron chi connectivity index (χ1n) is 13.2. The minimum atomic E-state index is -0.595. The third-order valence-corrected chi connectivity index (χ3v) is 6.11. The van der Waals surface area contributed by atoms with Crippen LogP contribution in [0.1, 0.15) is 59.9 Å². The van der Waals surface area contributed by atoms with Crippen LogP contribution in [0.4, 0.5) is 14.4 Å². The summed E-state index contributed by atoms with van der Waals surface area (Å²) in [7, 11) is 0. The van der Waals surface area contributed by atoms with Gasteiger partial charge in [0.25, 0.3) is 0 Å². The first-order chi connectivity index (χ1) is 17.3. The van der Waals surface area contributed by atoms with Crippen molar-refractivity contribution in [3.05, 3.63) is 23.8 Å². The highest BCUT2D eigenvalue weighted by molar-refractivity contribution is 5.93. The molecule has 0 radical (unpaired) electrons. The molecular weight excluding hydrogens is 476 g/mol. The van der Waals surface area contributed by atoms with Crippen LogP contribution in [-0.2, 0) is 11.2 Å². The van der Waals surface area contributed by atoms with Gasteiger partial charge in [0.05, 0.1) is 0 Å². The van der Waals surface area contributed by atoms with Crippen LogP contribution in [0.25, 0.3) is 0 Å². The molecule has 1 aromatic rings. The Bertz CT molecular complexity index is 922. The third kappa shape index (κ3) is 9.02. The predicted molar refractivity (Wildman–Crippen MR) is 142 cm³/mol. The van der Waals surface area contributed by atoms with E-state index in [2.05, 4.69) is 0 Å². The number of carbonyl (C=O) groups is 3. The van der Waals surface area contributed by atoms with Gasteiger partial charge in [-0.05, 0) is 57.6 Å². The molecule has 10 nitrogen and oxygen atoms in total. The second-order valence-corrected chi connectivity index (χ2v) is 10.9. The molecule has 2 rings (SSSR count). The van der Waals surface area contributed by atoms with Gasteiger partial charge in [-0.3, -0.25) is 0 Å². The predicted octanol–water partition coefficient (Wildman–Crippen LogP) is 4.49. The van der Waals surface area contributed by atoms with Gasteiger partial charge in [-0.15, -0.1) is 0 Å². The van der Waals surface area contributed by atoms with E-state index in [-0.39, 0.29) is 23.6 Å². The Morgan fingerprint density at radius 1 is 1.00 bits per heavy atom. The second-order valence-electron chi connectivity index (χ2n) is 10.9. The molecule has 0 unspecified atom stereocenters. The lowest BCUT2D eigenvalue weighted by molar-refractivity contribution is 0.0158. The van der Waals surface area contributed by atoms with Crippen molar-refractivity contribution in [2.45, 2.75) is 66.4 Å². The zero-order valence-electron chi connectivity index (χ0n) is 23.2. The number of hydrogen-bond acceptors (Lipinski definition) is 6. The lowest BCUT2D eigenvalue weighted by Crippen LogP contribution is -2.57. The molecule has 208 valence electrons. The monoisotopic (exact) mass is 520 g/mol. The van der Waals surface area contributed by atoms with E-state index in [4.69, 9.17) is 4.74 Å². The Kier molecular flexibility index (Phi) is 10.9. The van der Waals surface area contributed by atoms with E-state index in [9.17, 15) is 24.6 Å². The molecule has 5 amide bonds. The number of para-hydroxylation sites is 1. The standard InChI is InChI=1S/C27H44N4O6/c1-7-13-28(14-12-21-9-8-10-22(32)23(21)33)24(34)31(15-11-20(2)3)25(35)29-16-18-30(19-17-29)26(36)37-27(4,5)6/h8-10,20,32-33H,7,11-19H2,1-6H3. The molecule has 0 saturated carbocycles. The fraction of sp³-hybridized carbons (Fsp3) is 0.667. The number of ether oxygens (including phenoxy) is 1. The van der Waals surface area contributed by atoms with E-state index in [1.807, 2.05) is 41.5 Å². The highest BCUT2D eigenvalue weighted by atomic mass is 16.6. The molecule has 0 aliphatic carbocycles. The lowest BCUT2D eigenvalue weighted by atomic mass is 10.1. The third-order valence-electron chi connectivity index (χ3n) is 6.11. The van der Waals surface area contributed by atoms with Gasteiger partial charge in [0.15, 0.2) is 11.5 Å². The molecular formula is C27H44N4O6. The molecule has 0 aromatic heterocycles. The Morgan fingerprint density at radius 3 is 2.19 bits per heavy atom. The average molecular weight is 521 g/mol. The fourth-order valence-corrected chi connectivity index (χ4v) is 4.02. The van der Waals surface area contributed by atoms with Crippen molar-refractivity contribution < 1.29 is 29.3 Å². The van der Waals surface area contributed by atoms with E-state index in [1.54, 1.807) is 26.8 Å². The second kappa shape index (κ2) is 13.4. The summed E-state index contributed by atoms with van der Waals surface area (Å²) >= 11 is 0. The minimum Gasteiger partial charge on any atom is -0.504 e. The molecule has 10 heteroatoms. The summed E-state index contributed by atoms with van der Waals surface area (Å²) in [6, 6.07) is 4.02. The van der Waals surface area contributed by atoms with Gasteiger partial charge >= 0.3 is 18.2 Å². The van der Waals surface area contributed by atoms with Crippen LogP contribution < -0.4 is 0 Å². The van der Waals surface area contributed by atoms with Gasteiger partial charge in [0, 0.05) is 45.8 Å². The van der Waals surface area contributed by atoms with Crippen molar-refractivity contribution in [3.63, 3.8) is 0 Å². The maximum atomic E-state index is 13.6. The maximum Gasteiger partial charge on any atom is 0.410 e. The normalized spacial score (nSPS) is 14.0. The van der Waals surface area contributed by atoms with Crippen LogP contribution >= 0.6 is 0 Å². The summed E-state index contributed by atoms with van der Waals surface area (Å²) in [5.74, 6) is -0.0943. The largest absolute Gasteiger partial charge is 0.504 e. The Hall–Kier alpha value is -3.17. The molecule has 37 heavy (non-hydrogen) atoms. The Balaban J connectivity index is 2.12. The van der Waals surface area contributed by atoms with Crippen molar-refractivity contribution in [1.82, 2.24) is 19.6 Å². The van der Waals surface area contributed by atoms with Gasteiger partial charge in [-0.1, -0.05) is 32.9 Å². The molecule has 1 aliphatic heterocycles. The number of imide groups is 1. The summed E-state index contributed by atoms with van der Waals surface area (Å²) in [6.07, 6.45) is 1.31. The van der Waals surface area contributed by atoms with E-state index in [0.29, 0.717) is 76.6 Å². The maximum absolute atomic E-state index is 13.6. The molecule has 1 saturated heterocycles. The van der Waals surface area contributed by atoms with Gasteiger partial charge in [-0.25, -0.2) is 19.3 Å². The number of hydrogen-bond donors (Lipinski definition) is 2. The summed E-state index contributed by atoms with van der Waals surface area (Å²) in [5.41, 5.74) is -0.0606. The highest BCUT2D eigenvalue weighted by Gasteiger charge is 2.33. The molecule has 0 spiro atoms. The van der Waals surface area contributed by atoms with Gasteiger partial charge in [-0.2, -0.15) is 0 Å². The summed E-state index contributed by atoms with van der Waals surface area (Å²) < 4.78 is 5.44. The van der Waals surface area contributed by atoms with Gasteiger partial charge < -0.3 is 29.6 Å². The number of phenols is 2. The topological polar surface area (TPSA) is 114 Å². The van der Waals surface area contributed by atoms with Crippen molar-refractivity contribution in [2.75, 3.05) is 45.8 Å². The quantitative estimate of drug-likeness (QED) is 0.488. The van der Waals surface area contributed by atoms with E-state index in [1.165, 1.54) is 11.0 Å². The van der Waals surface area contributed by atoms with Crippen LogP contribution in [0.2, 0.25) is 0 Å². The molecule has 0 atom stereocenters. The number of nitrogens with zero attached hydrogens (tertiary/aromatic N) is 4. The number of carbonyl (C=O) groups excluding carboxylic acids is 3. The first kappa shape index (κ1) is 30.1. The molecule has 1 fully saturated rings. The Labute approximate surface area is 220 Å². The number of amides is 5. The smallest absolute Gasteiger partial charge is 0.410 e. The molecule has 0 bridgehead atoms. The van der Waals surface area contributed by atoms with Crippen molar-refractivity contribution in [3.8, 4) is 11.5 Å². The van der Waals surface area contributed by atoms with Crippen LogP contribution in [-0.4, -0.2) is 99.4 Å². The van der Waals surface area contributed by atoms with Crippen LogP contribution in [0.15, 0.2) is 18.2 Å². The van der Waals surface area contributed by atoms with Gasteiger partial charge in [0.1, 0.15) is 5.60 Å². The van der Waals surface area contributed by atoms with E-state index >= 15 is 0 Å². The van der Waals surface area contributed by atoms with Gasteiger partial charge in [0.2, 0.25) is 0 Å². The summed E-state index contributed by atoms with van der Waals surface area (Å²) in [5, 5.41) is 19.9. The fourth-order valence-electron chi connectivity index (χ4n) is 4.02. The molecule has 1 aliphatic rings. The SMILES string of the molecule is CCCN(CCc1cccc(O)c1O)C(=O)N(CCC(C)C)C(=O)N1CCN(C(=O)OC(C)(C)C)CC1. The summed E-state index contributed by atoms with van der Waals surface area (Å²) in [6.45, 7) is 13.8. The number of piperazine rings is 1. The minimum absolute atomic E-state index is 0.193. The highest BCUT2D eigenvalue weighted by Crippen LogP contribution is 2.28. The van der Waals surface area contributed by atoms with Crippen LogP contribution in [0.3, 0.4) is 0 Å². The zero-order chi connectivity index (χ0) is 27.8. The number of aromatic hydroxyl groups is 2. The molecule has 1 heterocycles. The van der Waals surface area contributed by atoms with Crippen LogP contribution in [0.5, 0.6) is 11.5 Å². The number of rotatable bonds is 8. The zero-order valence-corrected chi connectivity index (χ0v) is 23.2. The van der Waals surface area contributed by atoms with Crippen molar-refractivity contribution in [1.29, 1.82) is 0 Å². The van der Waals surface area contributed by atoms with Crippen LogP contribution in [0, 0.1) is 5.92 Å². The summed E-state index contributed by atoms with van der Waals surface area (Å²) in [4.78, 5) is 45.7. The van der Waals surface area contributed by atoms with Crippen molar-refractivity contribution in [2.24, 2.45) is 5.92 Å². The number of urea groups is 2. The number of phenolic OH excluding ortho intramolecular Hbond substituents is 2. The van der Waals surface area contributed by atoms with Crippen molar-refractivity contribution >= 4 is 18.2 Å². The Morgan fingerprint density at radius 2 is 1.62 bits per heavy atom.